The molecule has 1 aliphatic rings. The summed E-state index contributed by atoms with van der Waals surface area (Å²) in [6.45, 7) is 19.0. The number of rotatable bonds is 6. The highest BCUT2D eigenvalue weighted by molar-refractivity contribution is 5.27. The van der Waals surface area contributed by atoms with Crippen molar-refractivity contribution in [2.75, 3.05) is 26.2 Å². The third-order valence-electron chi connectivity index (χ3n) is 5.44. The van der Waals surface area contributed by atoms with Gasteiger partial charge in [-0.3, -0.25) is 9.80 Å². The lowest BCUT2D eigenvalue weighted by molar-refractivity contribution is 0.120. The van der Waals surface area contributed by atoms with E-state index in [0.717, 1.165) is 45.8 Å². The Hall–Kier alpha value is -1.65. The maximum absolute atomic E-state index is 4.36. The predicted octanol–water partition coefficient (Wildman–Crippen LogP) is 4.15. The summed E-state index contributed by atoms with van der Waals surface area (Å²) >= 11 is 0. The number of imidazole rings is 1. The fourth-order valence-corrected chi connectivity index (χ4v) is 3.74. The molecular weight excluding hydrogens is 332 g/mol. The average Bonchev–Trinajstić information content (AvgIpc) is 3.02. The smallest absolute Gasteiger partial charge is 0.0948 e. The van der Waals surface area contributed by atoms with Crippen LogP contribution < -0.4 is 0 Å². The van der Waals surface area contributed by atoms with Crippen LogP contribution in [0.1, 0.15) is 51.4 Å². The summed E-state index contributed by atoms with van der Waals surface area (Å²) in [6.07, 6.45) is 4.01. The monoisotopic (exact) mass is 368 g/mol. The third-order valence-corrected chi connectivity index (χ3v) is 5.44. The van der Waals surface area contributed by atoms with Crippen molar-refractivity contribution in [3.63, 3.8) is 0 Å². The van der Waals surface area contributed by atoms with Crippen LogP contribution >= 0.6 is 0 Å². The summed E-state index contributed by atoms with van der Waals surface area (Å²) in [7, 11) is 0. The molecule has 148 valence electrons. The molecule has 0 amide bonds. The molecule has 2 aromatic rings. The SMILES string of the molecule is CC(C)Cn1cncc1CN1CCN(Cc2ccc(C(C)(C)C)cc2)CC1. The number of hydrogen-bond acceptors (Lipinski definition) is 3. The Balaban J connectivity index is 1.48. The molecule has 1 saturated heterocycles. The van der Waals surface area contributed by atoms with E-state index in [9.17, 15) is 0 Å². The van der Waals surface area contributed by atoms with Crippen LogP contribution in [-0.2, 0) is 25.0 Å². The van der Waals surface area contributed by atoms with E-state index in [1.807, 2.05) is 12.5 Å². The molecule has 4 nitrogen and oxygen atoms in total. The first kappa shape index (κ1) is 20.1. The van der Waals surface area contributed by atoms with Gasteiger partial charge in [-0.25, -0.2) is 4.98 Å². The van der Waals surface area contributed by atoms with Crippen molar-refractivity contribution in [2.24, 2.45) is 5.92 Å². The van der Waals surface area contributed by atoms with E-state index in [-0.39, 0.29) is 5.41 Å². The summed E-state index contributed by atoms with van der Waals surface area (Å²) in [6, 6.07) is 9.19. The van der Waals surface area contributed by atoms with Crippen molar-refractivity contribution >= 4 is 0 Å². The Kier molecular flexibility index (Phi) is 6.38. The van der Waals surface area contributed by atoms with Gasteiger partial charge in [-0.1, -0.05) is 58.9 Å². The summed E-state index contributed by atoms with van der Waals surface area (Å²) in [5.41, 5.74) is 4.40. The summed E-state index contributed by atoms with van der Waals surface area (Å²) in [5.74, 6) is 0.652. The molecule has 0 aliphatic carbocycles. The average molecular weight is 369 g/mol. The first-order chi connectivity index (χ1) is 12.8. The molecule has 27 heavy (non-hydrogen) atoms. The van der Waals surface area contributed by atoms with Crippen molar-refractivity contribution in [3.05, 3.63) is 53.6 Å². The van der Waals surface area contributed by atoms with E-state index in [1.54, 1.807) is 0 Å². The normalized spacial score (nSPS) is 17.0. The van der Waals surface area contributed by atoms with Crippen LogP contribution in [0.25, 0.3) is 0 Å². The summed E-state index contributed by atoms with van der Waals surface area (Å²) in [5, 5.41) is 0. The molecule has 3 rings (SSSR count). The number of nitrogens with zero attached hydrogens (tertiary/aromatic N) is 4. The highest BCUT2D eigenvalue weighted by atomic mass is 15.3. The van der Waals surface area contributed by atoms with Gasteiger partial charge in [-0.05, 0) is 22.5 Å². The summed E-state index contributed by atoms with van der Waals surface area (Å²) < 4.78 is 2.31. The lowest BCUT2D eigenvalue weighted by atomic mass is 9.87. The highest BCUT2D eigenvalue weighted by Crippen LogP contribution is 2.22. The largest absolute Gasteiger partial charge is 0.333 e. The molecule has 0 atom stereocenters. The van der Waals surface area contributed by atoms with E-state index in [4.69, 9.17) is 0 Å². The zero-order valence-electron chi connectivity index (χ0n) is 17.8. The van der Waals surface area contributed by atoms with Crippen LogP contribution in [0.3, 0.4) is 0 Å². The van der Waals surface area contributed by atoms with Gasteiger partial charge in [0.2, 0.25) is 0 Å². The van der Waals surface area contributed by atoms with Gasteiger partial charge in [0.05, 0.1) is 12.0 Å². The molecule has 2 heterocycles. The van der Waals surface area contributed by atoms with Crippen molar-refractivity contribution in [2.45, 2.75) is 59.7 Å². The molecule has 1 aromatic carbocycles. The second-order valence-corrected chi connectivity index (χ2v) is 9.43. The minimum Gasteiger partial charge on any atom is -0.333 e. The van der Waals surface area contributed by atoms with E-state index in [0.29, 0.717) is 5.92 Å². The van der Waals surface area contributed by atoms with Crippen LogP contribution in [-0.4, -0.2) is 45.5 Å². The third kappa shape index (κ3) is 5.66. The molecule has 0 spiro atoms. The second-order valence-electron chi connectivity index (χ2n) is 9.43. The fourth-order valence-electron chi connectivity index (χ4n) is 3.74. The Morgan fingerprint density at radius 1 is 0.926 bits per heavy atom. The van der Waals surface area contributed by atoms with Gasteiger partial charge < -0.3 is 4.57 Å². The topological polar surface area (TPSA) is 24.3 Å². The van der Waals surface area contributed by atoms with E-state index in [2.05, 4.69) is 78.2 Å². The first-order valence-electron chi connectivity index (χ1n) is 10.3. The quantitative estimate of drug-likeness (QED) is 0.765. The molecule has 0 saturated carbocycles. The Bertz CT molecular complexity index is 701. The molecule has 4 heteroatoms. The Morgan fingerprint density at radius 3 is 2.07 bits per heavy atom. The molecule has 1 fully saturated rings. The Morgan fingerprint density at radius 2 is 1.52 bits per heavy atom. The van der Waals surface area contributed by atoms with Gasteiger partial charge in [0.15, 0.2) is 0 Å². The van der Waals surface area contributed by atoms with Crippen molar-refractivity contribution in [1.29, 1.82) is 0 Å². The van der Waals surface area contributed by atoms with E-state index in [1.165, 1.54) is 16.8 Å². The van der Waals surface area contributed by atoms with Crippen LogP contribution in [0.5, 0.6) is 0 Å². The van der Waals surface area contributed by atoms with Crippen LogP contribution in [0.15, 0.2) is 36.8 Å². The lowest BCUT2D eigenvalue weighted by Crippen LogP contribution is -2.45. The van der Waals surface area contributed by atoms with E-state index >= 15 is 0 Å². The zero-order valence-corrected chi connectivity index (χ0v) is 17.8. The number of piperazine rings is 1. The maximum atomic E-state index is 4.36. The predicted molar refractivity (Wildman–Crippen MR) is 113 cm³/mol. The molecule has 0 radical (unpaired) electrons. The molecule has 0 N–H and O–H groups in total. The van der Waals surface area contributed by atoms with Gasteiger partial charge >= 0.3 is 0 Å². The standard InChI is InChI=1S/C23H36N4/c1-19(2)15-27-18-24-14-22(27)17-26-12-10-25(11-13-26)16-20-6-8-21(9-7-20)23(3,4)5/h6-9,14,18-19H,10-13,15-17H2,1-5H3. The highest BCUT2D eigenvalue weighted by Gasteiger charge is 2.19. The molecule has 1 aromatic heterocycles. The number of aromatic nitrogens is 2. The van der Waals surface area contributed by atoms with E-state index < -0.39 is 0 Å². The molecular formula is C23H36N4. The van der Waals surface area contributed by atoms with Gasteiger partial charge in [0, 0.05) is 52.0 Å². The Labute approximate surface area is 165 Å². The minimum absolute atomic E-state index is 0.228. The molecule has 1 aliphatic heterocycles. The molecule has 0 unspecified atom stereocenters. The van der Waals surface area contributed by atoms with Crippen LogP contribution in [0.2, 0.25) is 0 Å². The van der Waals surface area contributed by atoms with Crippen LogP contribution in [0, 0.1) is 5.92 Å². The minimum atomic E-state index is 0.228. The zero-order chi connectivity index (χ0) is 19.4. The maximum Gasteiger partial charge on any atom is 0.0948 e. The van der Waals surface area contributed by atoms with Gasteiger partial charge in [0.25, 0.3) is 0 Å². The molecule has 0 bridgehead atoms. The van der Waals surface area contributed by atoms with Crippen molar-refractivity contribution in [1.82, 2.24) is 19.4 Å². The van der Waals surface area contributed by atoms with Gasteiger partial charge in [-0.15, -0.1) is 0 Å². The second kappa shape index (κ2) is 8.57. The van der Waals surface area contributed by atoms with Crippen molar-refractivity contribution in [3.8, 4) is 0 Å². The fraction of sp³-hybridized carbons (Fsp3) is 0.609. The summed E-state index contributed by atoms with van der Waals surface area (Å²) in [4.78, 5) is 9.50. The number of hydrogen-bond donors (Lipinski definition) is 0. The van der Waals surface area contributed by atoms with Crippen molar-refractivity contribution < 1.29 is 0 Å². The number of benzene rings is 1. The first-order valence-corrected chi connectivity index (χ1v) is 10.3. The van der Waals surface area contributed by atoms with Gasteiger partial charge in [0.1, 0.15) is 0 Å². The van der Waals surface area contributed by atoms with Gasteiger partial charge in [-0.2, -0.15) is 0 Å². The van der Waals surface area contributed by atoms with Crippen LogP contribution in [0.4, 0.5) is 0 Å². The lowest BCUT2D eigenvalue weighted by Gasteiger charge is -2.35.